The first kappa shape index (κ1) is 19.5. The van der Waals surface area contributed by atoms with E-state index in [2.05, 4.69) is 25.6 Å². The molecule has 28 heavy (non-hydrogen) atoms. The van der Waals surface area contributed by atoms with Gasteiger partial charge in [0.25, 0.3) is 5.91 Å². The van der Waals surface area contributed by atoms with Gasteiger partial charge in [-0.05, 0) is 25.0 Å². The van der Waals surface area contributed by atoms with Crippen LogP contribution in [0.2, 0.25) is 0 Å². The molecule has 11 heteroatoms. The van der Waals surface area contributed by atoms with Gasteiger partial charge in [0, 0.05) is 32.2 Å². The number of aromatic nitrogens is 3. The molecule has 1 fully saturated rings. The van der Waals surface area contributed by atoms with Crippen LogP contribution >= 0.6 is 0 Å². The molecule has 0 saturated carbocycles. The number of nitrogens with one attached hydrogen (secondary N) is 2. The second kappa shape index (κ2) is 7.79. The van der Waals surface area contributed by atoms with Crippen molar-refractivity contribution in [3.05, 3.63) is 42.1 Å². The van der Waals surface area contributed by atoms with Crippen LogP contribution in [0.3, 0.4) is 0 Å². The fourth-order valence-corrected chi connectivity index (χ4v) is 2.92. The fraction of sp³-hybridized carbons (Fsp3) is 0.353. The van der Waals surface area contributed by atoms with Crippen LogP contribution in [0.5, 0.6) is 0 Å². The van der Waals surface area contributed by atoms with Gasteiger partial charge in [-0.15, -0.1) is 0 Å². The Morgan fingerprint density at radius 2 is 2.07 bits per heavy atom. The van der Waals surface area contributed by atoms with Crippen LogP contribution < -0.4 is 10.6 Å². The summed E-state index contributed by atoms with van der Waals surface area (Å²) in [4.78, 5) is 37.2. The Balaban J connectivity index is 1.75. The molecule has 3 heterocycles. The number of hydrogen-bond donors (Lipinski definition) is 2. The fourth-order valence-electron chi connectivity index (χ4n) is 2.92. The molecule has 1 aliphatic rings. The van der Waals surface area contributed by atoms with Crippen LogP contribution in [-0.2, 0) is 11.0 Å². The second-order valence-corrected chi connectivity index (χ2v) is 6.12. The molecule has 0 spiro atoms. The summed E-state index contributed by atoms with van der Waals surface area (Å²) in [6.07, 6.45) is 0.141. The molecule has 2 amide bonds. The van der Waals surface area contributed by atoms with Gasteiger partial charge in [-0.2, -0.15) is 13.2 Å². The zero-order valence-electron chi connectivity index (χ0n) is 14.8. The SMILES string of the molecule is CNc1cncc(C(=O)N2CCCC2C(=O)Nc2ccnc(C(F)(F)F)n2)c1. The highest BCUT2D eigenvalue weighted by atomic mass is 19.4. The molecule has 2 aromatic rings. The number of anilines is 2. The zero-order valence-corrected chi connectivity index (χ0v) is 14.8. The molecular weight excluding hydrogens is 377 g/mol. The lowest BCUT2D eigenvalue weighted by Gasteiger charge is -2.24. The summed E-state index contributed by atoms with van der Waals surface area (Å²) in [5, 5.41) is 5.22. The monoisotopic (exact) mass is 394 g/mol. The van der Waals surface area contributed by atoms with Crippen molar-refractivity contribution in [3.8, 4) is 0 Å². The quantitative estimate of drug-likeness (QED) is 0.825. The van der Waals surface area contributed by atoms with Gasteiger partial charge in [0.2, 0.25) is 11.7 Å². The highest BCUT2D eigenvalue weighted by Crippen LogP contribution is 2.27. The first-order valence-electron chi connectivity index (χ1n) is 8.44. The van der Waals surface area contributed by atoms with E-state index < -0.39 is 23.9 Å². The minimum Gasteiger partial charge on any atom is -0.387 e. The standard InChI is InChI=1S/C17H17F3N6O2/c1-21-11-7-10(8-22-9-11)15(28)26-6-2-3-12(26)14(27)24-13-4-5-23-16(25-13)17(18,19)20/h4-5,7-9,12,21H,2-3,6H2,1H3,(H,23,24,25,27). The summed E-state index contributed by atoms with van der Waals surface area (Å²) in [5.41, 5.74) is 0.958. The van der Waals surface area contributed by atoms with E-state index in [9.17, 15) is 22.8 Å². The van der Waals surface area contributed by atoms with Crippen molar-refractivity contribution in [2.45, 2.75) is 25.1 Å². The Morgan fingerprint density at radius 1 is 1.29 bits per heavy atom. The van der Waals surface area contributed by atoms with Crippen molar-refractivity contribution in [1.82, 2.24) is 19.9 Å². The number of rotatable bonds is 4. The molecule has 1 unspecified atom stereocenters. The van der Waals surface area contributed by atoms with Crippen molar-refractivity contribution in [2.24, 2.45) is 0 Å². The molecule has 148 valence electrons. The molecule has 0 radical (unpaired) electrons. The molecule has 3 rings (SSSR count). The number of carbonyl (C=O) groups is 2. The molecular formula is C17H17F3N6O2. The largest absolute Gasteiger partial charge is 0.451 e. The minimum atomic E-state index is -4.72. The van der Waals surface area contributed by atoms with Crippen LogP contribution in [0.4, 0.5) is 24.7 Å². The Bertz CT molecular complexity index is 889. The maximum atomic E-state index is 12.8. The highest BCUT2D eigenvalue weighted by Gasteiger charge is 2.37. The first-order chi connectivity index (χ1) is 13.3. The van der Waals surface area contributed by atoms with Gasteiger partial charge >= 0.3 is 6.18 Å². The van der Waals surface area contributed by atoms with Gasteiger partial charge in [-0.3, -0.25) is 14.6 Å². The van der Waals surface area contributed by atoms with Crippen molar-refractivity contribution in [2.75, 3.05) is 24.2 Å². The van der Waals surface area contributed by atoms with E-state index in [0.29, 0.717) is 30.6 Å². The van der Waals surface area contributed by atoms with Gasteiger partial charge < -0.3 is 15.5 Å². The molecule has 1 saturated heterocycles. The summed E-state index contributed by atoms with van der Waals surface area (Å²) >= 11 is 0. The van der Waals surface area contributed by atoms with Crippen LogP contribution in [0.15, 0.2) is 30.7 Å². The number of halogens is 3. The minimum absolute atomic E-state index is 0.273. The average molecular weight is 394 g/mol. The lowest BCUT2D eigenvalue weighted by Crippen LogP contribution is -2.43. The van der Waals surface area contributed by atoms with E-state index >= 15 is 0 Å². The maximum absolute atomic E-state index is 12.8. The van der Waals surface area contributed by atoms with Crippen LogP contribution in [0.25, 0.3) is 0 Å². The van der Waals surface area contributed by atoms with Crippen molar-refractivity contribution >= 4 is 23.3 Å². The Labute approximate surface area is 158 Å². The number of amides is 2. The van der Waals surface area contributed by atoms with Crippen molar-refractivity contribution in [1.29, 1.82) is 0 Å². The Hall–Kier alpha value is -3.24. The van der Waals surface area contributed by atoms with Crippen LogP contribution in [0.1, 0.15) is 29.0 Å². The van der Waals surface area contributed by atoms with E-state index in [1.165, 1.54) is 11.1 Å². The predicted molar refractivity (Wildman–Crippen MR) is 93.5 cm³/mol. The van der Waals surface area contributed by atoms with Gasteiger partial charge in [0.1, 0.15) is 11.9 Å². The molecule has 2 aromatic heterocycles. The maximum Gasteiger partial charge on any atom is 0.451 e. The molecule has 1 aliphatic heterocycles. The normalized spacial score (nSPS) is 16.7. The topological polar surface area (TPSA) is 100 Å². The van der Waals surface area contributed by atoms with Crippen molar-refractivity contribution < 1.29 is 22.8 Å². The summed E-state index contributed by atoms with van der Waals surface area (Å²) in [6.45, 7) is 0.359. The van der Waals surface area contributed by atoms with Gasteiger partial charge in [-0.1, -0.05) is 0 Å². The number of alkyl halides is 3. The highest BCUT2D eigenvalue weighted by molar-refractivity contribution is 6.01. The summed E-state index contributed by atoms with van der Waals surface area (Å²) in [5.74, 6) is -2.60. The van der Waals surface area contributed by atoms with Crippen molar-refractivity contribution in [3.63, 3.8) is 0 Å². The number of hydrogen-bond acceptors (Lipinski definition) is 6. The number of likely N-dealkylation sites (tertiary alicyclic amines) is 1. The number of nitrogens with zero attached hydrogens (tertiary/aromatic N) is 4. The number of pyridine rings is 1. The molecule has 8 nitrogen and oxygen atoms in total. The Kier molecular flexibility index (Phi) is 5.43. The van der Waals surface area contributed by atoms with E-state index in [4.69, 9.17) is 0 Å². The molecule has 0 bridgehead atoms. The summed E-state index contributed by atoms with van der Waals surface area (Å²) in [6, 6.07) is 1.96. The zero-order chi connectivity index (χ0) is 20.3. The first-order valence-corrected chi connectivity index (χ1v) is 8.44. The van der Waals surface area contributed by atoms with E-state index in [1.807, 2.05) is 0 Å². The molecule has 0 aromatic carbocycles. The predicted octanol–water partition coefficient (Wildman–Crippen LogP) is 2.18. The third-order valence-corrected chi connectivity index (χ3v) is 4.25. The summed E-state index contributed by atoms with van der Waals surface area (Å²) in [7, 11) is 1.69. The third-order valence-electron chi connectivity index (χ3n) is 4.25. The summed E-state index contributed by atoms with van der Waals surface area (Å²) < 4.78 is 38.2. The van der Waals surface area contributed by atoms with E-state index in [1.54, 1.807) is 19.3 Å². The molecule has 2 N–H and O–H groups in total. The van der Waals surface area contributed by atoms with Gasteiger partial charge in [0.15, 0.2) is 0 Å². The second-order valence-electron chi connectivity index (χ2n) is 6.12. The van der Waals surface area contributed by atoms with Crippen LogP contribution in [-0.4, -0.2) is 51.3 Å². The smallest absolute Gasteiger partial charge is 0.387 e. The van der Waals surface area contributed by atoms with Gasteiger partial charge in [-0.25, -0.2) is 9.97 Å². The van der Waals surface area contributed by atoms with E-state index in [-0.39, 0.29) is 11.7 Å². The molecule has 1 atom stereocenters. The van der Waals surface area contributed by atoms with E-state index in [0.717, 1.165) is 12.3 Å². The van der Waals surface area contributed by atoms with Crippen LogP contribution in [0, 0.1) is 0 Å². The van der Waals surface area contributed by atoms with Gasteiger partial charge in [0.05, 0.1) is 11.3 Å². The molecule has 0 aliphatic carbocycles. The average Bonchev–Trinajstić information content (AvgIpc) is 3.17. The number of carbonyl (C=O) groups excluding carboxylic acids is 2. The Morgan fingerprint density at radius 3 is 2.79 bits per heavy atom. The lowest BCUT2D eigenvalue weighted by molar-refractivity contribution is -0.145. The lowest BCUT2D eigenvalue weighted by atomic mass is 10.1. The third kappa shape index (κ3) is 4.18.